The van der Waals surface area contributed by atoms with Crippen molar-refractivity contribution in [1.82, 2.24) is 14.4 Å². The molecule has 1 saturated heterocycles. The monoisotopic (exact) mass is 289 g/mol. The number of carbonyl (C=O) groups is 2. The van der Waals surface area contributed by atoms with Gasteiger partial charge in [0.2, 0.25) is 11.8 Å². The van der Waals surface area contributed by atoms with Gasteiger partial charge in [0.1, 0.15) is 0 Å². The van der Waals surface area contributed by atoms with Crippen LogP contribution in [0.4, 0.5) is 0 Å². The first-order valence-corrected chi connectivity index (χ1v) is 7.79. The van der Waals surface area contributed by atoms with Crippen molar-refractivity contribution in [2.75, 3.05) is 19.6 Å². The molecule has 0 N–H and O–H groups in total. The molecule has 114 valence electrons. The molecule has 1 aromatic heterocycles. The van der Waals surface area contributed by atoms with E-state index in [-0.39, 0.29) is 23.8 Å². The predicted molar refractivity (Wildman–Crippen MR) is 79.5 cm³/mol. The van der Waals surface area contributed by atoms with E-state index in [1.54, 1.807) is 6.92 Å². The molecular weight excluding hydrogens is 266 g/mol. The van der Waals surface area contributed by atoms with Gasteiger partial charge in [-0.25, -0.2) is 0 Å². The summed E-state index contributed by atoms with van der Waals surface area (Å²) < 4.78 is 2.23. The van der Waals surface area contributed by atoms with E-state index in [2.05, 4.69) is 23.8 Å². The van der Waals surface area contributed by atoms with Crippen LogP contribution in [0.15, 0.2) is 18.3 Å². The third-order valence-electron chi connectivity index (χ3n) is 4.91. The summed E-state index contributed by atoms with van der Waals surface area (Å²) in [5.74, 6) is 0.452. The molecule has 0 aromatic carbocycles. The second kappa shape index (κ2) is 5.54. The Morgan fingerprint density at radius 3 is 2.52 bits per heavy atom. The summed E-state index contributed by atoms with van der Waals surface area (Å²) in [5, 5.41) is 0. The zero-order valence-corrected chi connectivity index (χ0v) is 12.8. The van der Waals surface area contributed by atoms with Crippen LogP contribution in [0, 0.1) is 5.92 Å². The lowest BCUT2D eigenvalue weighted by molar-refractivity contribution is -0.142. The topological polar surface area (TPSA) is 45.6 Å². The SMILES string of the molecule is CC(=O)N1CCC(C(=O)N2CCn3cccc3C2C)CC1. The van der Waals surface area contributed by atoms with Crippen molar-refractivity contribution in [2.24, 2.45) is 5.92 Å². The molecule has 2 aliphatic rings. The van der Waals surface area contributed by atoms with Gasteiger partial charge in [-0.1, -0.05) is 0 Å². The van der Waals surface area contributed by atoms with E-state index in [1.807, 2.05) is 15.9 Å². The molecule has 21 heavy (non-hydrogen) atoms. The molecule has 0 aliphatic carbocycles. The van der Waals surface area contributed by atoms with Gasteiger partial charge >= 0.3 is 0 Å². The molecule has 3 heterocycles. The average molecular weight is 289 g/mol. The Labute approximate surface area is 125 Å². The number of aromatic nitrogens is 1. The number of hydrogen-bond donors (Lipinski definition) is 0. The highest BCUT2D eigenvalue weighted by Gasteiger charge is 2.34. The maximum atomic E-state index is 12.8. The minimum atomic E-state index is 0.0737. The van der Waals surface area contributed by atoms with Gasteiger partial charge in [0, 0.05) is 50.9 Å². The van der Waals surface area contributed by atoms with Crippen LogP contribution in [0.3, 0.4) is 0 Å². The fourth-order valence-corrected chi connectivity index (χ4v) is 3.56. The van der Waals surface area contributed by atoms with Crippen LogP contribution in [-0.2, 0) is 16.1 Å². The number of fused-ring (bicyclic) bond motifs is 1. The van der Waals surface area contributed by atoms with Crippen LogP contribution in [0.5, 0.6) is 0 Å². The number of piperidine rings is 1. The maximum Gasteiger partial charge on any atom is 0.226 e. The predicted octanol–water partition coefficient (Wildman–Crippen LogP) is 1.65. The fraction of sp³-hybridized carbons (Fsp3) is 0.625. The number of hydrogen-bond acceptors (Lipinski definition) is 2. The Morgan fingerprint density at radius 2 is 1.86 bits per heavy atom. The van der Waals surface area contributed by atoms with E-state index in [9.17, 15) is 9.59 Å². The van der Waals surface area contributed by atoms with Gasteiger partial charge in [-0.3, -0.25) is 9.59 Å². The van der Waals surface area contributed by atoms with E-state index in [0.29, 0.717) is 13.1 Å². The van der Waals surface area contributed by atoms with Crippen LogP contribution in [-0.4, -0.2) is 45.8 Å². The molecular formula is C16H23N3O2. The van der Waals surface area contributed by atoms with Gasteiger partial charge in [0.05, 0.1) is 6.04 Å². The summed E-state index contributed by atoms with van der Waals surface area (Å²) >= 11 is 0. The number of nitrogens with zero attached hydrogens (tertiary/aromatic N) is 3. The molecule has 0 spiro atoms. The van der Waals surface area contributed by atoms with Crippen LogP contribution in [0.25, 0.3) is 0 Å². The van der Waals surface area contributed by atoms with Crippen molar-refractivity contribution < 1.29 is 9.59 Å². The van der Waals surface area contributed by atoms with E-state index in [0.717, 1.165) is 25.9 Å². The molecule has 0 radical (unpaired) electrons. The summed E-state index contributed by atoms with van der Waals surface area (Å²) in [5.41, 5.74) is 1.22. The maximum absolute atomic E-state index is 12.8. The number of amides is 2. The summed E-state index contributed by atoms with van der Waals surface area (Å²) in [6, 6.07) is 4.29. The molecule has 2 amide bonds. The molecule has 0 bridgehead atoms. The summed E-state index contributed by atoms with van der Waals surface area (Å²) in [6.45, 7) is 6.80. The van der Waals surface area contributed by atoms with Crippen LogP contribution < -0.4 is 0 Å². The van der Waals surface area contributed by atoms with E-state index >= 15 is 0 Å². The van der Waals surface area contributed by atoms with Crippen molar-refractivity contribution in [3.8, 4) is 0 Å². The molecule has 1 atom stereocenters. The van der Waals surface area contributed by atoms with Crippen LogP contribution in [0.2, 0.25) is 0 Å². The Bertz CT molecular complexity index is 543. The average Bonchev–Trinajstić information content (AvgIpc) is 2.96. The number of rotatable bonds is 1. The second-order valence-corrected chi connectivity index (χ2v) is 6.11. The first kappa shape index (κ1) is 14.2. The van der Waals surface area contributed by atoms with Gasteiger partial charge in [-0.05, 0) is 31.9 Å². The zero-order chi connectivity index (χ0) is 15.0. The van der Waals surface area contributed by atoms with Crippen LogP contribution in [0.1, 0.15) is 38.4 Å². The van der Waals surface area contributed by atoms with Gasteiger partial charge < -0.3 is 14.4 Å². The fourth-order valence-electron chi connectivity index (χ4n) is 3.56. The molecule has 5 heteroatoms. The highest BCUT2D eigenvalue weighted by atomic mass is 16.2. The summed E-state index contributed by atoms with van der Waals surface area (Å²) in [6.07, 6.45) is 3.67. The van der Waals surface area contributed by atoms with Crippen LogP contribution >= 0.6 is 0 Å². The molecule has 1 fully saturated rings. The normalized spacial score (nSPS) is 23.0. The third-order valence-corrected chi connectivity index (χ3v) is 4.91. The second-order valence-electron chi connectivity index (χ2n) is 6.11. The lowest BCUT2D eigenvalue weighted by Gasteiger charge is -2.39. The standard InChI is InChI=1S/C16H23N3O2/c1-12-15-4-3-7-18(15)10-11-19(12)16(21)14-5-8-17(9-6-14)13(2)20/h3-4,7,12,14H,5-6,8-11H2,1-2H3. The summed E-state index contributed by atoms with van der Waals surface area (Å²) in [4.78, 5) is 28.0. The highest BCUT2D eigenvalue weighted by Crippen LogP contribution is 2.29. The molecule has 3 rings (SSSR count). The number of carbonyl (C=O) groups excluding carboxylic acids is 2. The minimum absolute atomic E-state index is 0.0737. The summed E-state index contributed by atoms with van der Waals surface area (Å²) in [7, 11) is 0. The first-order chi connectivity index (χ1) is 10.1. The van der Waals surface area contributed by atoms with Crippen molar-refractivity contribution in [3.05, 3.63) is 24.0 Å². The van der Waals surface area contributed by atoms with E-state index in [4.69, 9.17) is 0 Å². The lowest BCUT2D eigenvalue weighted by atomic mass is 9.94. The first-order valence-electron chi connectivity index (χ1n) is 7.79. The Morgan fingerprint density at radius 1 is 1.14 bits per heavy atom. The Hall–Kier alpha value is -1.78. The Kier molecular flexibility index (Phi) is 3.74. The van der Waals surface area contributed by atoms with Crippen molar-refractivity contribution in [1.29, 1.82) is 0 Å². The van der Waals surface area contributed by atoms with E-state index in [1.165, 1.54) is 5.69 Å². The largest absolute Gasteiger partial charge is 0.348 e. The third kappa shape index (κ3) is 2.57. The Balaban J connectivity index is 1.66. The molecule has 5 nitrogen and oxygen atoms in total. The van der Waals surface area contributed by atoms with Gasteiger partial charge in [-0.2, -0.15) is 0 Å². The molecule has 1 unspecified atom stereocenters. The van der Waals surface area contributed by atoms with Crippen molar-refractivity contribution in [2.45, 2.75) is 39.3 Å². The minimum Gasteiger partial charge on any atom is -0.348 e. The smallest absolute Gasteiger partial charge is 0.226 e. The van der Waals surface area contributed by atoms with Crippen molar-refractivity contribution >= 4 is 11.8 Å². The lowest BCUT2D eigenvalue weighted by Crippen LogP contribution is -2.47. The van der Waals surface area contributed by atoms with E-state index < -0.39 is 0 Å². The molecule has 1 aromatic rings. The highest BCUT2D eigenvalue weighted by molar-refractivity contribution is 5.80. The van der Waals surface area contributed by atoms with Crippen molar-refractivity contribution in [3.63, 3.8) is 0 Å². The van der Waals surface area contributed by atoms with Gasteiger partial charge in [-0.15, -0.1) is 0 Å². The molecule has 2 aliphatic heterocycles. The zero-order valence-electron chi connectivity index (χ0n) is 12.8. The quantitative estimate of drug-likeness (QED) is 0.789. The molecule has 0 saturated carbocycles. The van der Waals surface area contributed by atoms with Gasteiger partial charge in [0.25, 0.3) is 0 Å². The number of likely N-dealkylation sites (tertiary alicyclic amines) is 1. The van der Waals surface area contributed by atoms with Gasteiger partial charge in [0.15, 0.2) is 0 Å².